The van der Waals surface area contributed by atoms with E-state index in [9.17, 15) is 4.39 Å². The van der Waals surface area contributed by atoms with Crippen LogP contribution >= 0.6 is 11.8 Å². The Labute approximate surface area is 161 Å². The van der Waals surface area contributed by atoms with Crippen molar-refractivity contribution >= 4 is 17.4 Å². The van der Waals surface area contributed by atoms with Crippen molar-refractivity contribution in [2.45, 2.75) is 13.5 Å². The molecule has 0 atom stereocenters. The second kappa shape index (κ2) is 8.00. The molecule has 0 aliphatic carbocycles. The number of ether oxygens (including phenoxy) is 1. The van der Waals surface area contributed by atoms with E-state index in [0.717, 1.165) is 35.8 Å². The minimum atomic E-state index is -0.312. The van der Waals surface area contributed by atoms with Crippen LogP contribution in [0, 0.1) is 12.7 Å². The largest absolute Gasteiger partial charge is 0.473 e. The van der Waals surface area contributed by atoms with Crippen LogP contribution in [-0.2, 0) is 6.61 Å². The first-order chi connectivity index (χ1) is 13.2. The number of aryl methyl sites for hydroxylation is 1. The van der Waals surface area contributed by atoms with Gasteiger partial charge < -0.3 is 14.2 Å². The van der Waals surface area contributed by atoms with Crippen molar-refractivity contribution in [2.75, 3.05) is 29.5 Å². The first-order valence-corrected chi connectivity index (χ1v) is 9.99. The third kappa shape index (κ3) is 4.08. The molecule has 0 unspecified atom stereocenters. The highest BCUT2D eigenvalue weighted by Crippen LogP contribution is 2.27. The van der Waals surface area contributed by atoms with Crippen LogP contribution in [0.4, 0.5) is 10.1 Å². The van der Waals surface area contributed by atoms with E-state index >= 15 is 0 Å². The standard InChI is InChI=1S/C20H20FN3O2S/c1-14-18(20(23-26-14)15-3-2-4-16(21)11-15)13-25-19-6-5-17(12-22-19)24-7-9-27-10-8-24/h2-6,11-12H,7-10,13H2,1H3. The van der Waals surface area contributed by atoms with Gasteiger partial charge in [0, 0.05) is 36.2 Å². The molecule has 1 saturated heterocycles. The Morgan fingerprint density at radius 1 is 1.22 bits per heavy atom. The van der Waals surface area contributed by atoms with E-state index in [1.165, 1.54) is 12.1 Å². The fourth-order valence-electron chi connectivity index (χ4n) is 3.04. The molecule has 5 nitrogen and oxygen atoms in total. The molecule has 0 spiro atoms. The van der Waals surface area contributed by atoms with Crippen LogP contribution in [0.2, 0.25) is 0 Å². The maximum Gasteiger partial charge on any atom is 0.213 e. The molecule has 3 heterocycles. The number of aromatic nitrogens is 2. The fraction of sp³-hybridized carbons (Fsp3) is 0.300. The molecule has 1 aliphatic heterocycles. The van der Waals surface area contributed by atoms with Gasteiger partial charge in [0.15, 0.2) is 0 Å². The molecular formula is C20H20FN3O2S. The van der Waals surface area contributed by atoms with Gasteiger partial charge in [-0.2, -0.15) is 11.8 Å². The molecule has 1 aromatic carbocycles. The number of benzene rings is 1. The minimum absolute atomic E-state index is 0.258. The Bertz CT molecular complexity index is 908. The van der Waals surface area contributed by atoms with Crippen LogP contribution in [0.3, 0.4) is 0 Å². The third-order valence-electron chi connectivity index (χ3n) is 4.54. The monoisotopic (exact) mass is 385 g/mol. The zero-order chi connectivity index (χ0) is 18.6. The Hall–Kier alpha value is -2.54. The quantitative estimate of drug-likeness (QED) is 0.652. The van der Waals surface area contributed by atoms with Crippen molar-refractivity contribution in [3.63, 3.8) is 0 Å². The third-order valence-corrected chi connectivity index (χ3v) is 5.49. The van der Waals surface area contributed by atoms with Gasteiger partial charge >= 0.3 is 0 Å². The van der Waals surface area contributed by atoms with Crippen LogP contribution in [0.25, 0.3) is 11.3 Å². The predicted octanol–water partition coefficient (Wildman–Crippen LogP) is 4.32. The number of rotatable bonds is 5. The molecule has 3 aromatic rings. The molecule has 1 fully saturated rings. The number of hydrogen-bond acceptors (Lipinski definition) is 6. The first-order valence-electron chi connectivity index (χ1n) is 8.83. The lowest BCUT2D eigenvalue weighted by atomic mass is 10.1. The van der Waals surface area contributed by atoms with Gasteiger partial charge in [0.1, 0.15) is 23.9 Å². The van der Waals surface area contributed by atoms with Gasteiger partial charge in [-0.05, 0) is 25.1 Å². The average Bonchev–Trinajstić information content (AvgIpc) is 3.08. The smallest absolute Gasteiger partial charge is 0.213 e. The number of thioether (sulfide) groups is 1. The van der Waals surface area contributed by atoms with Gasteiger partial charge in [-0.3, -0.25) is 0 Å². The summed E-state index contributed by atoms with van der Waals surface area (Å²) >= 11 is 1.98. The van der Waals surface area contributed by atoms with Crippen LogP contribution in [0.1, 0.15) is 11.3 Å². The molecule has 1 aliphatic rings. The summed E-state index contributed by atoms with van der Waals surface area (Å²) in [5, 5.41) is 4.06. The first kappa shape index (κ1) is 17.9. The van der Waals surface area contributed by atoms with Crippen molar-refractivity contribution in [3.05, 3.63) is 59.7 Å². The molecule has 0 N–H and O–H groups in total. The lowest BCUT2D eigenvalue weighted by molar-refractivity contribution is 0.290. The van der Waals surface area contributed by atoms with E-state index < -0.39 is 0 Å². The second-order valence-electron chi connectivity index (χ2n) is 6.32. The number of pyridine rings is 1. The molecule has 27 heavy (non-hydrogen) atoms. The summed E-state index contributed by atoms with van der Waals surface area (Å²) in [7, 11) is 0. The summed E-state index contributed by atoms with van der Waals surface area (Å²) in [5.41, 5.74) is 3.16. The Balaban J connectivity index is 1.47. The van der Waals surface area contributed by atoms with Crippen molar-refractivity contribution in [3.8, 4) is 17.1 Å². The van der Waals surface area contributed by atoms with Crippen LogP contribution in [-0.4, -0.2) is 34.7 Å². The predicted molar refractivity (Wildman–Crippen MR) is 105 cm³/mol. The summed E-state index contributed by atoms with van der Waals surface area (Å²) in [6.45, 7) is 4.17. The molecule has 7 heteroatoms. The topological polar surface area (TPSA) is 51.4 Å². The average molecular weight is 385 g/mol. The summed E-state index contributed by atoms with van der Waals surface area (Å²) in [4.78, 5) is 6.75. The number of hydrogen-bond donors (Lipinski definition) is 0. The molecule has 140 valence electrons. The van der Waals surface area contributed by atoms with E-state index in [2.05, 4.69) is 15.0 Å². The Morgan fingerprint density at radius 3 is 2.81 bits per heavy atom. The van der Waals surface area contributed by atoms with Gasteiger partial charge in [-0.1, -0.05) is 17.3 Å². The summed E-state index contributed by atoms with van der Waals surface area (Å²) in [6, 6.07) is 10.2. The van der Waals surface area contributed by atoms with Gasteiger partial charge in [0.2, 0.25) is 5.88 Å². The minimum Gasteiger partial charge on any atom is -0.473 e. The molecule has 4 rings (SSSR count). The van der Waals surface area contributed by atoms with Crippen molar-refractivity contribution in [2.24, 2.45) is 0 Å². The molecule has 0 saturated carbocycles. The van der Waals surface area contributed by atoms with E-state index in [4.69, 9.17) is 9.26 Å². The lowest BCUT2D eigenvalue weighted by Crippen LogP contribution is -2.32. The summed E-state index contributed by atoms with van der Waals surface area (Å²) in [6.07, 6.45) is 1.85. The SMILES string of the molecule is Cc1onc(-c2cccc(F)c2)c1COc1ccc(N2CCSCC2)cn1. The highest BCUT2D eigenvalue weighted by Gasteiger charge is 2.16. The highest BCUT2D eigenvalue weighted by molar-refractivity contribution is 7.99. The van der Waals surface area contributed by atoms with E-state index in [0.29, 0.717) is 22.9 Å². The fourth-order valence-corrected chi connectivity index (χ4v) is 3.94. The zero-order valence-corrected chi connectivity index (χ0v) is 15.8. The van der Waals surface area contributed by atoms with E-state index in [-0.39, 0.29) is 12.4 Å². The second-order valence-corrected chi connectivity index (χ2v) is 7.54. The maximum absolute atomic E-state index is 13.5. The Morgan fingerprint density at radius 2 is 2.07 bits per heavy atom. The van der Waals surface area contributed by atoms with Crippen molar-refractivity contribution in [1.29, 1.82) is 0 Å². The zero-order valence-electron chi connectivity index (χ0n) is 15.0. The summed E-state index contributed by atoms with van der Waals surface area (Å²) < 4.78 is 24.7. The molecule has 0 amide bonds. The molecule has 0 bridgehead atoms. The Kier molecular flexibility index (Phi) is 5.29. The van der Waals surface area contributed by atoms with Gasteiger partial charge in [0.05, 0.1) is 17.4 Å². The molecule has 2 aromatic heterocycles. The van der Waals surface area contributed by atoms with Crippen LogP contribution in [0.5, 0.6) is 5.88 Å². The number of anilines is 1. The van der Waals surface area contributed by atoms with Crippen molar-refractivity contribution < 1.29 is 13.7 Å². The summed E-state index contributed by atoms with van der Waals surface area (Å²) in [5.74, 6) is 3.17. The van der Waals surface area contributed by atoms with Gasteiger partial charge in [0.25, 0.3) is 0 Å². The van der Waals surface area contributed by atoms with Crippen molar-refractivity contribution in [1.82, 2.24) is 10.1 Å². The lowest BCUT2D eigenvalue weighted by Gasteiger charge is -2.28. The van der Waals surface area contributed by atoms with E-state index in [1.54, 1.807) is 12.1 Å². The van der Waals surface area contributed by atoms with Gasteiger partial charge in [-0.25, -0.2) is 9.37 Å². The number of halogens is 1. The van der Waals surface area contributed by atoms with E-state index in [1.807, 2.05) is 37.0 Å². The normalized spacial score (nSPS) is 14.4. The van der Waals surface area contributed by atoms with Crippen LogP contribution < -0.4 is 9.64 Å². The van der Waals surface area contributed by atoms with Crippen LogP contribution in [0.15, 0.2) is 47.1 Å². The highest BCUT2D eigenvalue weighted by atomic mass is 32.2. The number of nitrogens with zero attached hydrogens (tertiary/aromatic N) is 3. The van der Waals surface area contributed by atoms with Gasteiger partial charge in [-0.15, -0.1) is 0 Å². The molecule has 0 radical (unpaired) electrons. The maximum atomic E-state index is 13.5. The molecular weight excluding hydrogens is 365 g/mol.